The molecule has 0 saturated heterocycles. The van der Waals surface area contributed by atoms with Crippen molar-refractivity contribution >= 4 is 16.8 Å². The average molecular weight is 268 g/mol. The van der Waals surface area contributed by atoms with Crippen LogP contribution in [0.15, 0.2) is 47.0 Å². The first-order valence-electron chi connectivity index (χ1n) is 6.44. The predicted molar refractivity (Wildman–Crippen MR) is 77.8 cm³/mol. The minimum atomic E-state index is 0.630. The molecule has 0 atom stereocenters. The summed E-state index contributed by atoms with van der Waals surface area (Å²) in [5.41, 5.74) is 9.00. The summed E-state index contributed by atoms with van der Waals surface area (Å²) in [7, 11) is 2.01. The number of pyridine rings is 1. The summed E-state index contributed by atoms with van der Waals surface area (Å²) in [4.78, 5) is 10.9. The molecule has 2 heterocycles. The van der Waals surface area contributed by atoms with Crippen LogP contribution in [-0.4, -0.2) is 21.9 Å². The summed E-state index contributed by atoms with van der Waals surface area (Å²) in [5, 5.41) is 0. The van der Waals surface area contributed by atoms with E-state index < -0.39 is 0 Å². The van der Waals surface area contributed by atoms with Gasteiger partial charge in [-0.25, -0.2) is 4.98 Å². The van der Waals surface area contributed by atoms with Gasteiger partial charge in [-0.15, -0.1) is 0 Å². The molecule has 20 heavy (non-hydrogen) atoms. The molecule has 0 amide bonds. The maximum atomic E-state index is 5.73. The molecule has 0 fully saturated rings. The highest BCUT2D eigenvalue weighted by molar-refractivity contribution is 5.76. The minimum absolute atomic E-state index is 0.630. The monoisotopic (exact) mass is 268 g/mol. The second kappa shape index (κ2) is 5.30. The second-order valence-corrected chi connectivity index (χ2v) is 4.83. The maximum absolute atomic E-state index is 5.73. The number of fused-ring (bicyclic) bond motifs is 1. The van der Waals surface area contributed by atoms with Gasteiger partial charge in [-0.05, 0) is 31.3 Å². The molecule has 0 saturated carbocycles. The molecule has 0 bridgehead atoms. The lowest BCUT2D eigenvalue weighted by atomic mass is 10.3. The van der Waals surface area contributed by atoms with Crippen molar-refractivity contribution in [3.05, 3.63) is 54.2 Å². The number of hydrogen-bond donors (Lipinski definition) is 1. The number of rotatable bonds is 4. The summed E-state index contributed by atoms with van der Waals surface area (Å²) < 4.78 is 5.70. The summed E-state index contributed by atoms with van der Waals surface area (Å²) >= 11 is 0. The average Bonchev–Trinajstić information content (AvgIpc) is 2.80. The fraction of sp³-hybridized carbons (Fsp3) is 0.200. The Balaban J connectivity index is 1.72. The number of aromatic nitrogens is 2. The van der Waals surface area contributed by atoms with Crippen LogP contribution in [0.4, 0.5) is 5.69 Å². The fourth-order valence-corrected chi connectivity index (χ4v) is 2.11. The van der Waals surface area contributed by atoms with Crippen LogP contribution in [0.5, 0.6) is 0 Å². The molecule has 5 nitrogen and oxygen atoms in total. The van der Waals surface area contributed by atoms with E-state index in [4.69, 9.17) is 10.2 Å². The van der Waals surface area contributed by atoms with E-state index in [9.17, 15) is 0 Å². The molecule has 0 aliphatic rings. The van der Waals surface area contributed by atoms with E-state index in [-0.39, 0.29) is 0 Å². The minimum Gasteiger partial charge on any atom is -0.439 e. The van der Waals surface area contributed by atoms with E-state index in [0.29, 0.717) is 18.1 Å². The van der Waals surface area contributed by atoms with Crippen molar-refractivity contribution in [1.82, 2.24) is 14.9 Å². The number of benzene rings is 1. The smallest absolute Gasteiger partial charge is 0.209 e. The van der Waals surface area contributed by atoms with Crippen molar-refractivity contribution in [2.24, 2.45) is 0 Å². The van der Waals surface area contributed by atoms with Crippen LogP contribution in [0.3, 0.4) is 0 Å². The molecule has 102 valence electrons. The van der Waals surface area contributed by atoms with Crippen molar-refractivity contribution in [3.8, 4) is 0 Å². The molecule has 2 N–H and O–H groups in total. The van der Waals surface area contributed by atoms with Gasteiger partial charge in [0.05, 0.1) is 12.2 Å². The zero-order valence-electron chi connectivity index (χ0n) is 11.3. The van der Waals surface area contributed by atoms with Gasteiger partial charge in [0.2, 0.25) is 5.89 Å². The third-order valence-electron chi connectivity index (χ3n) is 3.02. The number of anilines is 1. The van der Waals surface area contributed by atoms with Crippen LogP contribution >= 0.6 is 0 Å². The maximum Gasteiger partial charge on any atom is 0.209 e. The molecule has 0 radical (unpaired) electrons. The van der Waals surface area contributed by atoms with Crippen LogP contribution in [0.2, 0.25) is 0 Å². The molecule has 3 aromatic rings. The van der Waals surface area contributed by atoms with E-state index >= 15 is 0 Å². The highest BCUT2D eigenvalue weighted by Crippen LogP contribution is 2.19. The Morgan fingerprint density at radius 3 is 2.90 bits per heavy atom. The van der Waals surface area contributed by atoms with E-state index in [0.717, 1.165) is 23.3 Å². The summed E-state index contributed by atoms with van der Waals surface area (Å²) in [6.45, 7) is 1.38. The Morgan fingerprint density at radius 1 is 1.20 bits per heavy atom. The largest absolute Gasteiger partial charge is 0.439 e. The Hall–Kier alpha value is -2.40. The Labute approximate surface area is 117 Å². The van der Waals surface area contributed by atoms with Gasteiger partial charge in [-0.3, -0.25) is 9.88 Å². The number of hydrogen-bond acceptors (Lipinski definition) is 5. The van der Waals surface area contributed by atoms with Crippen LogP contribution in [0.1, 0.15) is 11.6 Å². The van der Waals surface area contributed by atoms with Gasteiger partial charge in [0, 0.05) is 24.5 Å². The number of nitrogens with zero attached hydrogens (tertiary/aromatic N) is 3. The standard InChI is InChI=1S/C15H16N4O/c1-19(9-12-4-2-3-7-17-12)10-15-18-13-6-5-11(16)8-14(13)20-15/h2-8H,9-10,16H2,1H3. The van der Waals surface area contributed by atoms with E-state index in [2.05, 4.69) is 14.9 Å². The number of nitrogen functional groups attached to an aromatic ring is 1. The Bertz CT molecular complexity index is 708. The van der Waals surface area contributed by atoms with E-state index in [1.165, 1.54) is 0 Å². The molecule has 0 spiro atoms. The molecule has 0 unspecified atom stereocenters. The Morgan fingerprint density at radius 2 is 2.10 bits per heavy atom. The first-order valence-corrected chi connectivity index (χ1v) is 6.44. The van der Waals surface area contributed by atoms with Crippen molar-refractivity contribution in [2.45, 2.75) is 13.1 Å². The van der Waals surface area contributed by atoms with Crippen molar-refractivity contribution in [3.63, 3.8) is 0 Å². The van der Waals surface area contributed by atoms with Crippen LogP contribution in [-0.2, 0) is 13.1 Å². The van der Waals surface area contributed by atoms with Gasteiger partial charge in [-0.1, -0.05) is 6.07 Å². The predicted octanol–water partition coefficient (Wildman–Crippen LogP) is 2.44. The third-order valence-corrected chi connectivity index (χ3v) is 3.02. The molecule has 5 heteroatoms. The second-order valence-electron chi connectivity index (χ2n) is 4.83. The van der Waals surface area contributed by atoms with Crippen LogP contribution < -0.4 is 5.73 Å². The van der Waals surface area contributed by atoms with Crippen LogP contribution in [0, 0.1) is 0 Å². The zero-order valence-corrected chi connectivity index (χ0v) is 11.3. The molecular weight excluding hydrogens is 252 g/mol. The van der Waals surface area contributed by atoms with Gasteiger partial charge in [0.25, 0.3) is 0 Å². The van der Waals surface area contributed by atoms with E-state index in [1.807, 2.05) is 37.4 Å². The lowest BCUT2D eigenvalue weighted by Crippen LogP contribution is -2.18. The fourth-order valence-electron chi connectivity index (χ4n) is 2.11. The Kier molecular flexibility index (Phi) is 3.35. The van der Waals surface area contributed by atoms with Gasteiger partial charge < -0.3 is 10.2 Å². The van der Waals surface area contributed by atoms with Crippen molar-refractivity contribution in [1.29, 1.82) is 0 Å². The molecule has 0 aliphatic carbocycles. The lowest BCUT2D eigenvalue weighted by Gasteiger charge is -2.13. The number of nitrogens with two attached hydrogens (primary N) is 1. The first-order chi connectivity index (χ1) is 9.70. The summed E-state index contributed by atoms with van der Waals surface area (Å²) in [6, 6.07) is 11.4. The number of oxazole rings is 1. The molecule has 1 aromatic carbocycles. The van der Waals surface area contributed by atoms with Gasteiger partial charge in [0.15, 0.2) is 5.58 Å². The first kappa shape index (κ1) is 12.6. The summed E-state index contributed by atoms with van der Waals surface area (Å²) in [6.07, 6.45) is 1.80. The highest BCUT2D eigenvalue weighted by Gasteiger charge is 2.09. The van der Waals surface area contributed by atoms with Crippen molar-refractivity contribution < 1.29 is 4.42 Å². The zero-order chi connectivity index (χ0) is 13.9. The molecular formula is C15H16N4O. The van der Waals surface area contributed by atoms with Crippen molar-refractivity contribution in [2.75, 3.05) is 12.8 Å². The van der Waals surface area contributed by atoms with E-state index in [1.54, 1.807) is 12.3 Å². The normalized spacial score (nSPS) is 11.3. The molecule has 2 aromatic heterocycles. The lowest BCUT2D eigenvalue weighted by molar-refractivity contribution is 0.282. The van der Waals surface area contributed by atoms with Gasteiger partial charge in [-0.2, -0.15) is 0 Å². The molecule has 3 rings (SSSR count). The topological polar surface area (TPSA) is 68.2 Å². The van der Waals surface area contributed by atoms with Gasteiger partial charge in [0.1, 0.15) is 5.52 Å². The van der Waals surface area contributed by atoms with Crippen LogP contribution in [0.25, 0.3) is 11.1 Å². The third kappa shape index (κ3) is 2.78. The quantitative estimate of drug-likeness (QED) is 0.736. The summed E-state index contributed by atoms with van der Waals surface area (Å²) in [5.74, 6) is 0.684. The molecule has 0 aliphatic heterocycles. The SMILES string of the molecule is CN(Cc1ccccn1)Cc1nc2ccc(N)cc2o1. The van der Waals surface area contributed by atoms with Gasteiger partial charge >= 0.3 is 0 Å². The highest BCUT2D eigenvalue weighted by atomic mass is 16.3.